The predicted molar refractivity (Wildman–Crippen MR) is 132 cm³/mol. The van der Waals surface area contributed by atoms with Crippen molar-refractivity contribution in [2.75, 3.05) is 31.5 Å². The molecule has 7 heteroatoms. The van der Waals surface area contributed by atoms with E-state index >= 15 is 0 Å². The Morgan fingerprint density at radius 1 is 1.15 bits per heavy atom. The first-order chi connectivity index (χ1) is 16.1. The molecule has 4 heterocycles. The van der Waals surface area contributed by atoms with Gasteiger partial charge in [0.2, 0.25) is 0 Å². The van der Waals surface area contributed by atoms with Crippen molar-refractivity contribution >= 4 is 22.9 Å². The molecule has 3 aromatic heterocycles. The molecule has 5 rings (SSSR count). The molecule has 1 aromatic carbocycles. The van der Waals surface area contributed by atoms with Gasteiger partial charge in [0.25, 0.3) is 5.56 Å². The summed E-state index contributed by atoms with van der Waals surface area (Å²) in [6.45, 7) is 6.13. The predicted octanol–water partition coefficient (Wildman–Crippen LogP) is 4.46. The largest absolute Gasteiger partial charge is 0.454 e. The Morgan fingerprint density at radius 3 is 2.76 bits per heavy atom. The lowest BCUT2D eigenvalue weighted by molar-refractivity contribution is 0.352. The van der Waals surface area contributed by atoms with Gasteiger partial charge >= 0.3 is 0 Å². The maximum absolute atomic E-state index is 13.2. The van der Waals surface area contributed by atoms with Gasteiger partial charge in [-0.25, -0.2) is 0 Å². The van der Waals surface area contributed by atoms with Gasteiger partial charge in [-0.05, 0) is 74.8 Å². The van der Waals surface area contributed by atoms with E-state index in [-0.39, 0.29) is 5.56 Å². The van der Waals surface area contributed by atoms with E-state index in [1.807, 2.05) is 37.3 Å². The van der Waals surface area contributed by atoms with Crippen LogP contribution < -0.4 is 10.9 Å². The summed E-state index contributed by atoms with van der Waals surface area (Å²) in [6, 6.07) is 13.1. The number of nitrogens with one attached hydrogen (secondary N) is 2. The van der Waals surface area contributed by atoms with Crippen molar-refractivity contribution in [1.29, 1.82) is 5.41 Å². The molecule has 2 N–H and O–H groups in total. The molecule has 7 nitrogen and oxygen atoms in total. The first-order valence-electron chi connectivity index (χ1n) is 11.3. The summed E-state index contributed by atoms with van der Waals surface area (Å²) in [5.41, 5.74) is 4.48. The van der Waals surface area contributed by atoms with Crippen LogP contribution in [0.4, 0.5) is 5.69 Å². The standard InChI is InChI=1S/C26H27N5O2/c1-18-4-6-23(29-17-18)25-15-21-24(33-25)8-12-31(26(21)32)20-5-7-22(19(14-20)16-27)28-9-13-30-10-2-3-11-30/h4-8,12,14-17,27-28H,2-3,9-11,13H2,1H3. The molecule has 4 aromatic rings. The molecule has 0 atom stereocenters. The number of pyridine rings is 2. The average molecular weight is 442 g/mol. The van der Waals surface area contributed by atoms with Crippen LogP contribution in [-0.4, -0.2) is 46.8 Å². The van der Waals surface area contributed by atoms with Crippen LogP contribution in [0.2, 0.25) is 0 Å². The fourth-order valence-corrected chi connectivity index (χ4v) is 4.31. The van der Waals surface area contributed by atoms with E-state index in [1.165, 1.54) is 32.1 Å². The number of furan rings is 1. The zero-order valence-corrected chi connectivity index (χ0v) is 18.7. The number of aryl methyl sites for hydroxylation is 1. The highest BCUT2D eigenvalue weighted by Gasteiger charge is 2.14. The molecule has 0 aliphatic carbocycles. The van der Waals surface area contributed by atoms with Gasteiger partial charge in [0.15, 0.2) is 5.76 Å². The van der Waals surface area contributed by atoms with Crippen molar-refractivity contribution in [2.24, 2.45) is 0 Å². The minimum absolute atomic E-state index is 0.166. The van der Waals surface area contributed by atoms with E-state index in [4.69, 9.17) is 9.83 Å². The highest BCUT2D eigenvalue weighted by Crippen LogP contribution is 2.25. The lowest BCUT2D eigenvalue weighted by Gasteiger charge is -2.17. The van der Waals surface area contributed by atoms with E-state index in [2.05, 4.69) is 15.2 Å². The van der Waals surface area contributed by atoms with E-state index in [0.717, 1.165) is 29.9 Å². The lowest BCUT2D eigenvalue weighted by atomic mass is 10.1. The van der Waals surface area contributed by atoms with Gasteiger partial charge in [-0.15, -0.1) is 0 Å². The summed E-state index contributed by atoms with van der Waals surface area (Å²) in [5, 5.41) is 11.8. The molecule has 168 valence electrons. The fraction of sp³-hybridized carbons (Fsp3) is 0.269. The number of fused-ring (bicyclic) bond motifs is 1. The minimum atomic E-state index is -0.166. The highest BCUT2D eigenvalue weighted by molar-refractivity contribution is 5.87. The van der Waals surface area contributed by atoms with Crippen molar-refractivity contribution in [1.82, 2.24) is 14.5 Å². The molecule has 1 aliphatic rings. The van der Waals surface area contributed by atoms with Crippen LogP contribution in [0.1, 0.15) is 24.0 Å². The molecular formula is C26H27N5O2. The Labute approximate surface area is 192 Å². The number of likely N-dealkylation sites (tertiary alicyclic amines) is 1. The molecule has 1 fully saturated rings. The van der Waals surface area contributed by atoms with Crippen molar-refractivity contribution in [3.05, 3.63) is 76.3 Å². The van der Waals surface area contributed by atoms with E-state index in [9.17, 15) is 4.79 Å². The summed E-state index contributed by atoms with van der Waals surface area (Å²) < 4.78 is 7.48. The molecule has 1 aliphatic heterocycles. The molecule has 33 heavy (non-hydrogen) atoms. The molecule has 0 saturated carbocycles. The zero-order valence-electron chi connectivity index (χ0n) is 18.7. The Balaban J connectivity index is 1.41. The number of nitrogens with zero attached hydrogens (tertiary/aromatic N) is 3. The zero-order chi connectivity index (χ0) is 22.8. The molecule has 0 amide bonds. The minimum Gasteiger partial charge on any atom is -0.454 e. The molecule has 0 radical (unpaired) electrons. The van der Waals surface area contributed by atoms with Gasteiger partial charge < -0.3 is 20.0 Å². The van der Waals surface area contributed by atoms with Crippen LogP contribution in [0.15, 0.2) is 64.1 Å². The Morgan fingerprint density at radius 2 is 2.00 bits per heavy atom. The summed E-state index contributed by atoms with van der Waals surface area (Å²) in [6.07, 6.45) is 7.37. The SMILES string of the molecule is Cc1ccc(-c2cc3c(=O)n(-c4ccc(NCCN5CCCC5)c(C=N)c4)ccc3o2)nc1. The first-order valence-corrected chi connectivity index (χ1v) is 11.3. The van der Waals surface area contributed by atoms with Crippen molar-refractivity contribution < 1.29 is 4.42 Å². The number of rotatable bonds is 7. The van der Waals surface area contributed by atoms with Gasteiger partial charge in [0.05, 0.1) is 5.39 Å². The monoisotopic (exact) mass is 441 g/mol. The number of anilines is 1. The van der Waals surface area contributed by atoms with Crippen molar-refractivity contribution in [3.63, 3.8) is 0 Å². The smallest absolute Gasteiger partial charge is 0.266 e. The second-order valence-corrected chi connectivity index (χ2v) is 8.49. The highest BCUT2D eigenvalue weighted by atomic mass is 16.3. The summed E-state index contributed by atoms with van der Waals surface area (Å²) in [7, 11) is 0. The maximum atomic E-state index is 13.2. The topological polar surface area (TPSA) is 87.2 Å². The van der Waals surface area contributed by atoms with Gasteiger partial charge in [-0.1, -0.05) is 6.07 Å². The van der Waals surface area contributed by atoms with Gasteiger partial charge in [0, 0.05) is 48.6 Å². The van der Waals surface area contributed by atoms with E-state index < -0.39 is 0 Å². The van der Waals surface area contributed by atoms with E-state index in [1.54, 1.807) is 29.1 Å². The third-order valence-corrected chi connectivity index (χ3v) is 6.16. The number of hydrogen-bond acceptors (Lipinski definition) is 6. The Bertz CT molecular complexity index is 1350. The summed E-state index contributed by atoms with van der Waals surface area (Å²) in [5.74, 6) is 0.567. The normalized spacial score (nSPS) is 14.1. The molecule has 0 unspecified atom stereocenters. The second kappa shape index (κ2) is 9.03. The second-order valence-electron chi connectivity index (χ2n) is 8.49. The van der Waals surface area contributed by atoms with Gasteiger partial charge in [-0.3, -0.25) is 14.3 Å². The third-order valence-electron chi connectivity index (χ3n) is 6.16. The van der Waals surface area contributed by atoms with Crippen LogP contribution in [-0.2, 0) is 0 Å². The Hall–Kier alpha value is -3.71. The quantitative estimate of drug-likeness (QED) is 0.414. The van der Waals surface area contributed by atoms with Crippen LogP contribution in [0, 0.1) is 12.3 Å². The third kappa shape index (κ3) is 4.32. The molecule has 1 saturated heterocycles. The maximum Gasteiger partial charge on any atom is 0.266 e. The molecular weight excluding hydrogens is 414 g/mol. The molecule has 0 bridgehead atoms. The summed E-state index contributed by atoms with van der Waals surface area (Å²) in [4.78, 5) is 20.1. The average Bonchev–Trinajstić information content (AvgIpc) is 3.51. The van der Waals surface area contributed by atoms with Crippen LogP contribution in [0.25, 0.3) is 28.1 Å². The van der Waals surface area contributed by atoms with Crippen LogP contribution in [0.5, 0.6) is 0 Å². The number of aromatic nitrogens is 2. The molecule has 0 spiro atoms. The van der Waals surface area contributed by atoms with Gasteiger partial charge in [0.1, 0.15) is 11.3 Å². The van der Waals surface area contributed by atoms with Gasteiger partial charge in [-0.2, -0.15) is 0 Å². The lowest BCUT2D eigenvalue weighted by Crippen LogP contribution is -2.26. The number of hydrogen-bond donors (Lipinski definition) is 2. The van der Waals surface area contributed by atoms with E-state index in [0.29, 0.717) is 28.1 Å². The van der Waals surface area contributed by atoms with Crippen molar-refractivity contribution in [2.45, 2.75) is 19.8 Å². The number of benzene rings is 1. The first kappa shape index (κ1) is 21.2. The van der Waals surface area contributed by atoms with Crippen molar-refractivity contribution in [3.8, 4) is 17.1 Å². The summed E-state index contributed by atoms with van der Waals surface area (Å²) >= 11 is 0. The fourth-order valence-electron chi connectivity index (χ4n) is 4.31. The van der Waals surface area contributed by atoms with Crippen LogP contribution >= 0.6 is 0 Å². The van der Waals surface area contributed by atoms with Crippen LogP contribution in [0.3, 0.4) is 0 Å². The Kier molecular flexibility index (Phi) is 5.79.